The lowest BCUT2D eigenvalue weighted by atomic mass is 9.99. The van der Waals surface area contributed by atoms with E-state index in [0.717, 1.165) is 0 Å². The number of hydrogen-bond donors (Lipinski definition) is 2. The average molecular weight is 505 g/mol. The van der Waals surface area contributed by atoms with Crippen LogP contribution in [0.3, 0.4) is 0 Å². The predicted molar refractivity (Wildman–Crippen MR) is 133 cm³/mol. The molecule has 36 heavy (non-hydrogen) atoms. The maximum Gasteiger partial charge on any atom is 0.247 e. The number of benzene rings is 1. The van der Waals surface area contributed by atoms with Gasteiger partial charge in [0.1, 0.15) is 11.8 Å². The summed E-state index contributed by atoms with van der Waals surface area (Å²) in [5.74, 6) is 0.363. The molecule has 2 rings (SSSR count). The van der Waals surface area contributed by atoms with Crippen LogP contribution < -0.4 is 20.1 Å². The van der Waals surface area contributed by atoms with E-state index in [1.165, 1.54) is 26.2 Å². The topological polar surface area (TPSA) is 132 Å². The number of carbonyl (C=O) groups is 3. The summed E-state index contributed by atoms with van der Waals surface area (Å²) in [4.78, 5) is 40.8. The van der Waals surface area contributed by atoms with E-state index in [4.69, 9.17) is 18.7 Å². The average Bonchev–Trinajstić information content (AvgIpc) is 3.22. The minimum Gasteiger partial charge on any atom is -0.493 e. The quantitative estimate of drug-likeness (QED) is 0.451. The van der Waals surface area contributed by atoms with Crippen LogP contribution in [0.1, 0.15) is 51.0 Å². The second-order valence-electron chi connectivity index (χ2n) is 9.18. The second kappa shape index (κ2) is 12.9. The van der Waals surface area contributed by atoms with Crippen LogP contribution in [0.25, 0.3) is 0 Å². The van der Waals surface area contributed by atoms with Crippen molar-refractivity contribution in [3.63, 3.8) is 0 Å². The molecule has 0 aliphatic carbocycles. The van der Waals surface area contributed by atoms with Crippen LogP contribution in [0.15, 0.2) is 28.8 Å². The summed E-state index contributed by atoms with van der Waals surface area (Å²) in [6, 6.07) is 5.66. The molecule has 1 heterocycles. The first-order valence-electron chi connectivity index (χ1n) is 11.5. The Bertz CT molecular complexity index is 1050. The Morgan fingerprint density at radius 1 is 1.11 bits per heavy atom. The maximum absolute atomic E-state index is 13.6. The summed E-state index contributed by atoms with van der Waals surface area (Å²) in [5.41, 5.74) is -0.113. The molecule has 3 amide bonds. The SMILES string of the molecule is COCCN(C(=O)CCC(=O)Nc1cc(C)on1)[C@H](C(=O)NC(C)(C)C)c1cccc(OC)c1OC. The molecule has 0 saturated carbocycles. The van der Waals surface area contributed by atoms with Crippen molar-refractivity contribution in [3.05, 3.63) is 35.6 Å². The van der Waals surface area contributed by atoms with Gasteiger partial charge < -0.3 is 34.3 Å². The van der Waals surface area contributed by atoms with Crippen LogP contribution in [0.4, 0.5) is 5.82 Å². The molecule has 11 heteroatoms. The van der Waals surface area contributed by atoms with Crippen molar-refractivity contribution in [2.24, 2.45) is 0 Å². The van der Waals surface area contributed by atoms with Crippen LogP contribution >= 0.6 is 0 Å². The largest absolute Gasteiger partial charge is 0.493 e. The molecule has 0 spiro atoms. The highest BCUT2D eigenvalue weighted by Gasteiger charge is 2.35. The molecule has 0 bridgehead atoms. The fourth-order valence-electron chi connectivity index (χ4n) is 3.60. The summed E-state index contributed by atoms with van der Waals surface area (Å²) in [5, 5.41) is 9.26. The fourth-order valence-corrected chi connectivity index (χ4v) is 3.60. The number of aryl methyl sites for hydroxylation is 1. The van der Waals surface area contributed by atoms with Crippen molar-refractivity contribution < 1.29 is 33.1 Å². The van der Waals surface area contributed by atoms with Gasteiger partial charge in [-0.15, -0.1) is 0 Å². The zero-order valence-electron chi connectivity index (χ0n) is 22.0. The molecular formula is C25H36N4O7. The lowest BCUT2D eigenvalue weighted by Crippen LogP contribution is -2.50. The standard InChI is InChI=1S/C25H36N4O7/c1-16-15-19(28-36-16)26-20(30)11-12-21(31)29(13-14-33-5)22(24(32)27-25(2,3)4)17-9-8-10-18(34-6)23(17)35-7/h8-10,15,22H,11-14H2,1-7H3,(H,27,32)(H,26,28,30)/t22-/m0/s1. The van der Waals surface area contributed by atoms with Crippen molar-refractivity contribution in [2.75, 3.05) is 39.8 Å². The first-order valence-corrected chi connectivity index (χ1v) is 11.5. The number of ether oxygens (including phenoxy) is 3. The molecule has 0 unspecified atom stereocenters. The van der Waals surface area contributed by atoms with Gasteiger partial charge in [0, 0.05) is 43.7 Å². The number of rotatable bonds is 12. The van der Waals surface area contributed by atoms with Gasteiger partial charge in [-0.25, -0.2) is 0 Å². The van der Waals surface area contributed by atoms with Gasteiger partial charge in [-0.3, -0.25) is 14.4 Å². The summed E-state index contributed by atoms with van der Waals surface area (Å²) in [6.45, 7) is 7.55. The Hall–Kier alpha value is -3.60. The summed E-state index contributed by atoms with van der Waals surface area (Å²) < 4.78 is 21.1. The van der Waals surface area contributed by atoms with Crippen molar-refractivity contribution >= 4 is 23.5 Å². The smallest absolute Gasteiger partial charge is 0.247 e. The van der Waals surface area contributed by atoms with Gasteiger partial charge in [0.2, 0.25) is 17.7 Å². The normalized spacial score (nSPS) is 12.0. The lowest BCUT2D eigenvalue weighted by molar-refractivity contribution is -0.142. The molecule has 0 saturated heterocycles. The van der Waals surface area contributed by atoms with Crippen LogP contribution in [-0.2, 0) is 19.1 Å². The molecule has 2 N–H and O–H groups in total. The molecule has 2 aromatic rings. The number of carbonyl (C=O) groups excluding carboxylic acids is 3. The van der Waals surface area contributed by atoms with E-state index >= 15 is 0 Å². The van der Waals surface area contributed by atoms with Crippen molar-refractivity contribution in [1.29, 1.82) is 0 Å². The molecule has 0 aliphatic rings. The number of amides is 3. The molecule has 0 fully saturated rings. The third kappa shape index (κ3) is 7.98. The van der Waals surface area contributed by atoms with Gasteiger partial charge >= 0.3 is 0 Å². The van der Waals surface area contributed by atoms with E-state index in [2.05, 4.69) is 15.8 Å². The number of nitrogens with zero attached hydrogens (tertiary/aromatic N) is 2. The van der Waals surface area contributed by atoms with Crippen molar-refractivity contribution in [1.82, 2.24) is 15.4 Å². The van der Waals surface area contributed by atoms with Gasteiger partial charge in [0.15, 0.2) is 17.3 Å². The zero-order chi connectivity index (χ0) is 26.9. The van der Waals surface area contributed by atoms with E-state index in [-0.39, 0.29) is 31.8 Å². The van der Waals surface area contributed by atoms with Crippen molar-refractivity contribution in [2.45, 2.75) is 52.1 Å². The minimum absolute atomic E-state index is 0.113. The Kier molecular flexibility index (Phi) is 10.3. The van der Waals surface area contributed by atoms with E-state index in [0.29, 0.717) is 22.8 Å². The Labute approximate surface area is 211 Å². The van der Waals surface area contributed by atoms with Crippen molar-refractivity contribution in [3.8, 4) is 11.5 Å². The predicted octanol–water partition coefficient (Wildman–Crippen LogP) is 2.85. The number of hydrogen-bond acceptors (Lipinski definition) is 8. The maximum atomic E-state index is 13.6. The Morgan fingerprint density at radius 3 is 2.39 bits per heavy atom. The van der Waals surface area contributed by atoms with Gasteiger partial charge in [0.25, 0.3) is 0 Å². The molecule has 198 valence electrons. The molecule has 1 aromatic carbocycles. The first-order chi connectivity index (χ1) is 17.0. The molecule has 0 radical (unpaired) electrons. The zero-order valence-corrected chi connectivity index (χ0v) is 22.0. The third-order valence-corrected chi connectivity index (χ3v) is 5.10. The van der Waals surface area contributed by atoms with E-state index < -0.39 is 29.3 Å². The number of para-hydroxylation sites is 1. The Balaban J connectivity index is 2.38. The lowest BCUT2D eigenvalue weighted by Gasteiger charge is -2.34. The van der Waals surface area contributed by atoms with E-state index in [1.54, 1.807) is 31.2 Å². The molecular weight excluding hydrogens is 468 g/mol. The van der Waals surface area contributed by atoms with E-state index in [1.807, 2.05) is 20.8 Å². The van der Waals surface area contributed by atoms with Crippen LogP contribution in [0.2, 0.25) is 0 Å². The molecule has 0 aliphatic heterocycles. The van der Waals surface area contributed by atoms with E-state index in [9.17, 15) is 14.4 Å². The summed E-state index contributed by atoms with van der Waals surface area (Å²) in [7, 11) is 4.47. The van der Waals surface area contributed by atoms with Gasteiger partial charge in [-0.2, -0.15) is 0 Å². The first kappa shape index (κ1) is 28.6. The molecule has 1 aromatic heterocycles. The minimum atomic E-state index is -1.06. The highest BCUT2D eigenvalue weighted by Crippen LogP contribution is 2.37. The van der Waals surface area contributed by atoms with Crippen LogP contribution in [-0.4, -0.2) is 67.8 Å². The fraction of sp³-hybridized carbons (Fsp3) is 0.520. The van der Waals surface area contributed by atoms with Gasteiger partial charge in [-0.05, 0) is 33.8 Å². The van der Waals surface area contributed by atoms with Gasteiger partial charge in [0.05, 0.1) is 20.8 Å². The Morgan fingerprint density at radius 2 is 1.83 bits per heavy atom. The highest BCUT2D eigenvalue weighted by atomic mass is 16.5. The van der Waals surface area contributed by atoms with Gasteiger partial charge in [-0.1, -0.05) is 17.3 Å². The number of nitrogens with one attached hydrogen (secondary N) is 2. The highest BCUT2D eigenvalue weighted by molar-refractivity contribution is 5.94. The second-order valence-corrected chi connectivity index (χ2v) is 9.18. The number of aromatic nitrogens is 1. The van der Waals surface area contributed by atoms with Crippen LogP contribution in [0.5, 0.6) is 11.5 Å². The number of anilines is 1. The van der Waals surface area contributed by atoms with Crippen LogP contribution in [0, 0.1) is 6.92 Å². The molecule has 1 atom stereocenters. The third-order valence-electron chi connectivity index (χ3n) is 5.10. The monoisotopic (exact) mass is 504 g/mol. The summed E-state index contributed by atoms with van der Waals surface area (Å²) in [6.07, 6.45) is -0.255. The summed E-state index contributed by atoms with van der Waals surface area (Å²) >= 11 is 0. The number of methoxy groups -OCH3 is 3. The molecule has 11 nitrogen and oxygen atoms in total.